The molecule has 140 valence electrons. The molecule has 0 N–H and O–H groups in total. The minimum absolute atomic E-state index is 0.380. The SMILES string of the molecule is COc1ccc(-c2csc(-n3nc(C(C)C)c4c3-c3ccccc3C4)n2)cc1. The highest BCUT2D eigenvalue weighted by molar-refractivity contribution is 7.12. The molecule has 0 spiro atoms. The largest absolute Gasteiger partial charge is 0.497 e. The molecule has 28 heavy (non-hydrogen) atoms. The van der Waals surface area contributed by atoms with Gasteiger partial charge in [0, 0.05) is 28.5 Å². The summed E-state index contributed by atoms with van der Waals surface area (Å²) in [6.07, 6.45) is 0.954. The fourth-order valence-electron chi connectivity index (χ4n) is 3.87. The van der Waals surface area contributed by atoms with Crippen LogP contribution in [0.15, 0.2) is 53.9 Å². The molecule has 0 aliphatic heterocycles. The van der Waals surface area contributed by atoms with Crippen molar-refractivity contribution < 1.29 is 4.74 Å². The number of ether oxygens (including phenoxy) is 1. The molecule has 4 aromatic rings. The summed E-state index contributed by atoms with van der Waals surface area (Å²) in [6, 6.07) is 16.6. The maximum atomic E-state index is 5.26. The van der Waals surface area contributed by atoms with E-state index in [-0.39, 0.29) is 0 Å². The maximum Gasteiger partial charge on any atom is 0.211 e. The van der Waals surface area contributed by atoms with Crippen molar-refractivity contribution in [3.63, 3.8) is 0 Å². The monoisotopic (exact) mass is 387 g/mol. The quantitative estimate of drug-likeness (QED) is 0.397. The van der Waals surface area contributed by atoms with Crippen LogP contribution in [0, 0.1) is 0 Å². The minimum atomic E-state index is 0.380. The van der Waals surface area contributed by atoms with Crippen LogP contribution in [0.1, 0.15) is 36.6 Å². The molecule has 0 atom stereocenters. The molecule has 1 aliphatic carbocycles. The van der Waals surface area contributed by atoms with E-state index in [1.165, 1.54) is 28.1 Å². The predicted molar refractivity (Wildman–Crippen MR) is 114 cm³/mol. The Morgan fingerprint density at radius 3 is 2.61 bits per heavy atom. The highest BCUT2D eigenvalue weighted by Gasteiger charge is 2.29. The summed E-state index contributed by atoms with van der Waals surface area (Å²) in [6.45, 7) is 4.42. The van der Waals surface area contributed by atoms with Crippen LogP contribution in [-0.4, -0.2) is 21.9 Å². The van der Waals surface area contributed by atoms with Crippen molar-refractivity contribution >= 4 is 11.3 Å². The summed E-state index contributed by atoms with van der Waals surface area (Å²) in [5.41, 5.74) is 8.41. The molecule has 0 amide bonds. The second-order valence-corrected chi connectivity index (χ2v) is 8.19. The topological polar surface area (TPSA) is 39.9 Å². The number of methoxy groups -OCH3 is 1. The van der Waals surface area contributed by atoms with Crippen LogP contribution in [0.5, 0.6) is 5.75 Å². The van der Waals surface area contributed by atoms with E-state index in [1.54, 1.807) is 18.4 Å². The van der Waals surface area contributed by atoms with E-state index >= 15 is 0 Å². The Balaban J connectivity index is 1.61. The van der Waals surface area contributed by atoms with Gasteiger partial charge in [0.05, 0.1) is 24.2 Å². The highest BCUT2D eigenvalue weighted by atomic mass is 32.1. The van der Waals surface area contributed by atoms with Gasteiger partial charge in [0.1, 0.15) is 5.75 Å². The van der Waals surface area contributed by atoms with E-state index in [4.69, 9.17) is 14.8 Å². The third-order valence-electron chi connectivity index (χ3n) is 5.26. The third kappa shape index (κ3) is 2.66. The van der Waals surface area contributed by atoms with Gasteiger partial charge in [-0.1, -0.05) is 38.1 Å². The molecule has 5 rings (SSSR count). The zero-order valence-corrected chi connectivity index (χ0v) is 17.0. The van der Waals surface area contributed by atoms with Crippen LogP contribution in [0.2, 0.25) is 0 Å². The maximum absolute atomic E-state index is 5.26. The number of hydrogen-bond donors (Lipinski definition) is 0. The average Bonchev–Trinajstić information content (AvgIpc) is 3.42. The summed E-state index contributed by atoms with van der Waals surface area (Å²) in [4.78, 5) is 4.91. The van der Waals surface area contributed by atoms with E-state index in [0.717, 1.165) is 28.6 Å². The molecule has 2 heterocycles. The number of fused-ring (bicyclic) bond motifs is 3. The summed E-state index contributed by atoms with van der Waals surface area (Å²) in [5, 5.41) is 7.99. The average molecular weight is 388 g/mol. The minimum Gasteiger partial charge on any atom is -0.497 e. The van der Waals surface area contributed by atoms with Gasteiger partial charge < -0.3 is 4.74 Å². The van der Waals surface area contributed by atoms with Gasteiger partial charge in [-0.25, -0.2) is 9.67 Å². The number of thiazole rings is 1. The van der Waals surface area contributed by atoms with Crippen LogP contribution >= 0.6 is 11.3 Å². The van der Waals surface area contributed by atoms with E-state index in [1.807, 2.05) is 28.9 Å². The smallest absolute Gasteiger partial charge is 0.211 e. The zero-order valence-electron chi connectivity index (χ0n) is 16.1. The van der Waals surface area contributed by atoms with E-state index in [0.29, 0.717) is 5.92 Å². The Morgan fingerprint density at radius 2 is 1.86 bits per heavy atom. The van der Waals surface area contributed by atoms with Gasteiger partial charge in [0.2, 0.25) is 5.13 Å². The van der Waals surface area contributed by atoms with Gasteiger partial charge >= 0.3 is 0 Å². The molecule has 0 unspecified atom stereocenters. The Bertz CT molecular complexity index is 1160. The lowest BCUT2D eigenvalue weighted by Crippen LogP contribution is -2.00. The van der Waals surface area contributed by atoms with Crippen molar-refractivity contribution in [2.75, 3.05) is 7.11 Å². The summed E-state index contributed by atoms with van der Waals surface area (Å²) in [5.74, 6) is 1.23. The first-order chi connectivity index (χ1) is 13.7. The molecule has 0 saturated carbocycles. The molecule has 0 fully saturated rings. The first-order valence-corrected chi connectivity index (χ1v) is 10.3. The van der Waals surface area contributed by atoms with E-state index in [9.17, 15) is 0 Å². The molecule has 2 aromatic carbocycles. The Kier molecular flexibility index (Phi) is 4.05. The van der Waals surface area contributed by atoms with Crippen LogP contribution in [0.3, 0.4) is 0 Å². The van der Waals surface area contributed by atoms with Crippen molar-refractivity contribution in [2.45, 2.75) is 26.2 Å². The van der Waals surface area contributed by atoms with E-state index in [2.05, 4.69) is 43.5 Å². The van der Waals surface area contributed by atoms with Crippen molar-refractivity contribution in [1.29, 1.82) is 0 Å². The number of hydrogen-bond acceptors (Lipinski definition) is 4. The van der Waals surface area contributed by atoms with Crippen LogP contribution in [-0.2, 0) is 6.42 Å². The molecule has 0 radical (unpaired) electrons. The third-order valence-corrected chi connectivity index (χ3v) is 6.08. The molecular weight excluding hydrogens is 366 g/mol. The summed E-state index contributed by atoms with van der Waals surface area (Å²) in [7, 11) is 1.68. The predicted octanol–water partition coefficient (Wildman–Crippen LogP) is 5.70. The summed E-state index contributed by atoms with van der Waals surface area (Å²) < 4.78 is 7.31. The van der Waals surface area contributed by atoms with E-state index < -0.39 is 0 Å². The highest BCUT2D eigenvalue weighted by Crippen LogP contribution is 2.42. The van der Waals surface area contributed by atoms with Crippen LogP contribution in [0.4, 0.5) is 0 Å². The lowest BCUT2D eigenvalue weighted by molar-refractivity contribution is 0.415. The molecule has 5 heteroatoms. The van der Waals surface area contributed by atoms with Gasteiger partial charge in [-0.3, -0.25) is 0 Å². The second kappa shape index (κ2) is 6.60. The van der Waals surface area contributed by atoms with Crippen molar-refractivity contribution in [3.8, 4) is 33.4 Å². The first-order valence-electron chi connectivity index (χ1n) is 9.46. The fourth-order valence-corrected chi connectivity index (χ4v) is 4.66. The van der Waals surface area contributed by atoms with Gasteiger partial charge in [-0.15, -0.1) is 11.3 Å². The van der Waals surface area contributed by atoms with Crippen LogP contribution in [0.25, 0.3) is 27.6 Å². The fraction of sp³-hybridized carbons (Fsp3) is 0.217. The molecule has 0 bridgehead atoms. The van der Waals surface area contributed by atoms with Gasteiger partial charge in [0.15, 0.2) is 0 Å². The van der Waals surface area contributed by atoms with Crippen molar-refractivity contribution in [1.82, 2.24) is 14.8 Å². The lowest BCUT2D eigenvalue weighted by atomic mass is 10.0. The summed E-state index contributed by atoms with van der Waals surface area (Å²) >= 11 is 1.63. The standard InChI is InChI=1S/C23H21N3OS/c1-14(2)21-19-12-16-6-4-5-7-18(16)22(19)26(25-21)23-24-20(13-28-23)15-8-10-17(27-3)11-9-15/h4-11,13-14H,12H2,1-3H3. The lowest BCUT2D eigenvalue weighted by Gasteiger charge is -2.05. The van der Waals surface area contributed by atoms with Gasteiger partial charge in [-0.05, 0) is 35.7 Å². The molecule has 0 saturated heterocycles. The number of aromatic nitrogens is 3. The van der Waals surface area contributed by atoms with Crippen molar-refractivity contribution in [3.05, 3.63) is 70.7 Å². The number of rotatable bonds is 4. The molecule has 1 aliphatic rings. The Hall–Kier alpha value is -2.92. The normalized spacial score (nSPS) is 12.3. The van der Waals surface area contributed by atoms with Crippen molar-refractivity contribution in [2.24, 2.45) is 0 Å². The number of benzene rings is 2. The first kappa shape index (κ1) is 17.2. The van der Waals surface area contributed by atoms with Gasteiger partial charge in [-0.2, -0.15) is 5.10 Å². The molecule has 4 nitrogen and oxygen atoms in total. The Morgan fingerprint density at radius 1 is 1.07 bits per heavy atom. The Labute approximate surface area is 168 Å². The van der Waals surface area contributed by atoms with Crippen LogP contribution < -0.4 is 4.74 Å². The second-order valence-electron chi connectivity index (χ2n) is 7.36. The molecule has 2 aromatic heterocycles. The van der Waals surface area contributed by atoms with Gasteiger partial charge in [0.25, 0.3) is 0 Å². The number of nitrogens with zero attached hydrogens (tertiary/aromatic N) is 3. The molecular formula is C23H21N3OS. The zero-order chi connectivity index (χ0) is 19.3.